The van der Waals surface area contributed by atoms with Gasteiger partial charge in [0.05, 0.1) is 11.2 Å². The normalized spacial score (nSPS) is 17.2. The van der Waals surface area contributed by atoms with Crippen molar-refractivity contribution < 1.29 is 13.6 Å². The van der Waals surface area contributed by atoms with Crippen molar-refractivity contribution in [3.63, 3.8) is 0 Å². The third-order valence-electron chi connectivity index (χ3n) is 8.09. The van der Waals surface area contributed by atoms with E-state index in [4.69, 9.17) is 0 Å². The van der Waals surface area contributed by atoms with E-state index in [0.29, 0.717) is 35.2 Å². The minimum Gasteiger partial charge on any atom is -0.320 e. The number of halogens is 2. The second-order valence-corrected chi connectivity index (χ2v) is 11.2. The van der Waals surface area contributed by atoms with Crippen molar-refractivity contribution in [2.75, 3.05) is 51.6 Å². The number of nitrogens with zero attached hydrogens (tertiary/aromatic N) is 5. The molecule has 41 heavy (non-hydrogen) atoms. The van der Waals surface area contributed by atoms with Crippen LogP contribution in [0.15, 0.2) is 48.7 Å². The number of likely N-dealkylation sites (N-methyl/N-ethyl adjacent to an activating group) is 1. The van der Waals surface area contributed by atoms with E-state index in [1.165, 1.54) is 12.5 Å². The highest BCUT2D eigenvalue weighted by Crippen LogP contribution is 2.31. The van der Waals surface area contributed by atoms with Crippen LogP contribution in [0.5, 0.6) is 0 Å². The van der Waals surface area contributed by atoms with E-state index >= 15 is 4.39 Å². The van der Waals surface area contributed by atoms with Gasteiger partial charge in [0.25, 0.3) is 5.91 Å². The van der Waals surface area contributed by atoms with Crippen LogP contribution in [0.25, 0.3) is 22.0 Å². The Bertz CT molecular complexity index is 1540. The maximum atomic E-state index is 15.0. The van der Waals surface area contributed by atoms with Gasteiger partial charge >= 0.3 is 0 Å². The van der Waals surface area contributed by atoms with Gasteiger partial charge < -0.3 is 10.2 Å². The number of pyridine rings is 1. The van der Waals surface area contributed by atoms with Gasteiger partial charge in [-0.25, -0.2) is 8.78 Å². The van der Waals surface area contributed by atoms with Gasteiger partial charge in [0.2, 0.25) is 0 Å². The number of aromatic nitrogens is 3. The highest BCUT2D eigenvalue weighted by Gasteiger charge is 2.20. The molecule has 2 saturated heterocycles. The summed E-state index contributed by atoms with van der Waals surface area (Å²) in [5.41, 5.74) is 3.72. The predicted octanol–water partition coefficient (Wildman–Crippen LogP) is 4.89. The quantitative estimate of drug-likeness (QED) is 0.336. The highest BCUT2D eigenvalue weighted by atomic mass is 19.2. The standard InChI is InChI=1S/C31H35F2N7O/c1-38-11-13-40(14-12-38)20-24-18-23(7-8-34-24)35-31(41)30-26-17-22(5-6-28(26)36-37-30)25-15-21(16-27(32)29(25)33)19-39-9-3-2-4-10-39/h5-8,15-18H,2-4,9-14,19-20H2,1H3,(H,36,37)(H,34,35,41). The maximum absolute atomic E-state index is 15.0. The van der Waals surface area contributed by atoms with Crippen LogP contribution < -0.4 is 5.32 Å². The van der Waals surface area contributed by atoms with E-state index in [9.17, 15) is 9.18 Å². The van der Waals surface area contributed by atoms with Gasteiger partial charge in [0.1, 0.15) is 0 Å². The van der Waals surface area contributed by atoms with Crippen molar-refractivity contribution in [1.29, 1.82) is 0 Å². The maximum Gasteiger partial charge on any atom is 0.276 e. The number of likely N-dealkylation sites (tertiary alicyclic amines) is 1. The lowest BCUT2D eigenvalue weighted by atomic mass is 9.99. The fourth-order valence-electron chi connectivity index (χ4n) is 5.74. The monoisotopic (exact) mass is 559 g/mol. The number of amides is 1. The zero-order valence-electron chi connectivity index (χ0n) is 23.3. The highest BCUT2D eigenvalue weighted by molar-refractivity contribution is 6.11. The van der Waals surface area contributed by atoms with Crippen LogP contribution in [0.2, 0.25) is 0 Å². The van der Waals surface area contributed by atoms with Crippen molar-refractivity contribution in [3.8, 4) is 11.1 Å². The summed E-state index contributed by atoms with van der Waals surface area (Å²) in [6.45, 7) is 7.20. The van der Waals surface area contributed by atoms with Crippen LogP contribution in [0.3, 0.4) is 0 Å². The summed E-state index contributed by atoms with van der Waals surface area (Å²) < 4.78 is 29.7. The molecule has 2 aromatic heterocycles. The Labute approximate surface area is 238 Å². The molecule has 2 aliphatic heterocycles. The molecule has 0 spiro atoms. The summed E-state index contributed by atoms with van der Waals surface area (Å²) in [4.78, 5) is 24.7. The zero-order valence-corrected chi connectivity index (χ0v) is 23.3. The molecule has 6 rings (SSSR count). The fraction of sp³-hybridized carbons (Fsp3) is 0.387. The minimum absolute atomic E-state index is 0.175. The van der Waals surface area contributed by atoms with Gasteiger partial charge in [-0.05, 0) is 80.5 Å². The fourth-order valence-corrected chi connectivity index (χ4v) is 5.74. The van der Waals surface area contributed by atoms with Gasteiger partial charge in [-0.3, -0.25) is 24.7 Å². The molecular formula is C31H35F2N7O. The van der Waals surface area contributed by atoms with Gasteiger partial charge in [0.15, 0.2) is 17.3 Å². The predicted molar refractivity (Wildman–Crippen MR) is 156 cm³/mol. The SMILES string of the molecule is CN1CCN(Cc2cc(NC(=O)c3n[nH]c4ccc(-c5cc(CN6CCCCC6)cc(F)c5F)cc34)ccn2)CC1. The first-order valence-electron chi connectivity index (χ1n) is 14.3. The first-order chi connectivity index (χ1) is 19.9. The summed E-state index contributed by atoms with van der Waals surface area (Å²) in [6, 6.07) is 11.8. The van der Waals surface area contributed by atoms with Crippen molar-refractivity contribution in [3.05, 3.63) is 77.2 Å². The Balaban J connectivity index is 1.22. The van der Waals surface area contributed by atoms with Gasteiger partial charge in [0, 0.05) is 62.1 Å². The molecule has 2 fully saturated rings. The molecule has 0 atom stereocenters. The number of piperazine rings is 1. The van der Waals surface area contributed by atoms with Crippen molar-refractivity contribution >= 4 is 22.5 Å². The Kier molecular flexibility index (Phi) is 8.04. The van der Waals surface area contributed by atoms with Crippen molar-refractivity contribution in [2.24, 2.45) is 0 Å². The van der Waals surface area contributed by atoms with E-state index < -0.39 is 17.5 Å². The molecule has 0 saturated carbocycles. The van der Waals surface area contributed by atoms with Crippen LogP contribution in [-0.4, -0.2) is 82.1 Å². The van der Waals surface area contributed by atoms with Gasteiger partial charge in [-0.1, -0.05) is 12.5 Å². The summed E-state index contributed by atoms with van der Waals surface area (Å²) in [7, 11) is 2.12. The molecule has 0 unspecified atom stereocenters. The number of carbonyl (C=O) groups excluding carboxylic acids is 1. The lowest BCUT2D eigenvalue weighted by Gasteiger charge is -2.32. The number of anilines is 1. The lowest BCUT2D eigenvalue weighted by Crippen LogP contribution is -2.44. The van der Waals surface area contributed by atoms with E-state index in [2.05, 4.69) is 42.2 Å². The third kappa shape index (κ3) is 6.29. The molecule has 4 aromatic rings. The number of hydrogen-bond donors (Lipinski definition) is 2. The molecule has 0 bridgehead atoms. The summed E-state index contributed by atoms with van der Waals surface area (Å²) in [6.07, 6.45) is 5.14. The number of nitrogens with one attached hydrogen (secondary N) is 2. The number of H-pyrrole nitrogens is 1. The number of piperidine rings is 1. The van der Waals surface area contributed by atoms with E-state index in [0.717, 1.165) is 63.4 Å². The van der Waals surface area contributed by atoms with Crippen molar-refractivity contribution in [2.45, 2.75) is 32.4 Å². The number of rotatable bonds is 7. The minimum atomic E-state index is -0.897. The van der Waals surface area contributed by atoms with Crippen LogP contribution >= 0.6 is 0 Å². The molecule has 0 radical (unpaired) electrons. The largest absolute Gasteiger partial charge is 0.320 e. The lowest BCUT2D eigenvalue weighted by molar-refractivity contribution is 0.102. The number of hydrogen-bond acceptors (Lipinski definition) is 6. The number of fused-ring (bicyclic) bond motifs is 1. The van der Waals surface area contributed by atoms with Crippen LogP contribution in [0.1, 0.15) is 41.0 Å². The molecule has 8 nitrogen and oxygen atoms in total. The zero-order chi connectivity index (χ0) is 28.3. The number of benzene rings is 2. The Morgan fingerprint density at radius 1 is 0.927 bits per heavy atom. The molecular weight excluding hydrogens is 524 g/mol. The summed E-state index contributed by atoms with van der Waals surface area (Å²) in [5.74, 6) is -2.16. The number of aromatic amines is 1. The van der Waals surface area contributed by atoms with Crippen LogP contribution in [0, 0.1) is 11.6 Å². The molecule has 10 heteroatoms. The molecule has 0 aliphatic carbocycles. The number of carbonyl (C=O) groups is 1. The van der Waals surface area contributed by atoms with Crippen LogP contribution in [0.4, 0.5) is 14.5 Å². The molecule has 1 amide bonds. The Morgan fingerprint density at radius 2 is 1.71 bits per heavy atom. The van der Waals surface area contributed by atoms with Crippen LogP contribution in [-0.2, 0) is 13.1 Å². The molecule has 2 N–H and O–H groups in total. The van der Waals surface area contributed by atoms with Gasteiger partial charge in [-0.15, -0.1) is 0 Å². The molecule has 2 aromatic carbocycles. The summed E-state index contributed by atoms with van der Waals surface area (Å²) >= 11 is 0. The van der Waals surface area contributed by atoms with E-state index in [1.807, 2.05) is 6.07 Å². The average Bonchev–Trinajstić information content (AvgIpc) is 3.40. The first-order valence-corrected chi connectivity index (χ1v) is 14.3. The second kappa shape index (κ2) is 12.0. The first kappa shape index (κ1) is 27.4. The molecule has 4 heterocycles. The van der Waals surface area contributed by atoms with E-state index in [-0.39, 0.29) is 11.3 Å². The molecule has 2 aliphatic rings. The topological polar surface area (TPSA) is 80.4 Å². The molecule has 214 valence electrons. The van der Waals surface area contributed by atoms with E-state index in [1.54, 1.807) is 36.5 Å². The smallest absolute Gasteiger partial charge is 0.276 e. The second-order valence-electron chi connectivity index (χ2n) is 11.2. The average molecular weight is 560 g/mol. The Morgan fingerprint density at radius 3 is 2.51 bits per heavy atom. The Hall–Kier alpha value is -3.73. The third-order valence-corrected chi connectivity index (χ3v) is 8.09. The van der Waals surface area contributed by atoms with Crippen molar-refractivity contribution in [1.82, 2.24) is 29.9 Å². The summed E-state index contributed by atoms with van der Waals surface area (Å²) in [5, 5.41) is 10.6. The van der Waals surface area contributed by atoms with Gasteiger partial charge in [-0.2, -0.15) is 5.10 Å².